The number of terminal acetylenes is 1. The molecule has 0 N–H and O–H groups in total. The first kappa shape index (κ1) is 14.1. The van der Waals surface area contributed by atoms with E-state index in [1.807, 2.05) is 6.92 Å². The third-order valence-corrected chi connectivity index (χ3v) is 4.17. The maximum Gasteiger partial charge on any atom is 0.411 e. The lowest BCUT2D eigenvalue weighted by Crippen LogP contribution is -2.48. The molecule has 0 aromatic carbocycles. The molecule has 1 saturated carbocycles. The summed E-state index contributed by atoms with van der Waals surface area (Å²) in [6, 6.07) is -0.717. The van der Waals surface area contributed by atoms with Gasteiger partial charge in [-0.25, -0.2) is 13.6 Å². The van der Waals surface area contributed by atoms with Crippen molar-refractivity contribution < 1.29 is 18.3 Å². The predicted molar refractivity (Wildman–Crippen MR) is 66.7 cm³/mol. The van der Waals surface area contributed by atoms with Crippen LogP contribution in [0.1, 0.15) is 32.6 Å². The lowest BCUT2D eigenvalue weighted by Gasteiger charge is -2.35. The lowest BCUT2D eigenvalue weighted by atomic mass is 9.88. The topological polar surface area (TPSA) is 29.5 Å². The van der Waals surface area contributed by atoms with Crippen LogP contribution in [0.3, 0.4) is 0 Å². The van der Waals surface area contributed by atoms with E-state index in [9.17, 15) is 13.6 Å². The summed E-state index contributed by atoms with van der Waals surface area (Å²) in [6.45, 7) is 2.36. The second kappa shape index (κ2) is 5.77. The van der Waals surface area contributed by atoms with Crippen molar-refractivity contribution >= 4 is 6.09 Å². The van der Waals surface area contributed by atoms with Gasteiger partial charge in [0.2, 0.25) is 6.43 Å². The second-order valence-corrected chi connectivity index (χ2v) is 5.27. The van der Waals surface area contributed by atoms with Gasteiger partial charge in [0.15, 0.2) is 0 Å². The number of alkyl halides is 2. The van der Waals surface area contributed by atoms with E-state index in [-0.39, 0.29) is 12.0 Å². The standard InChI is InChI=1S/C14H19F2NO2/c1-3-5-6-19-14(18)17-9-7-10(12(17)4-2)11(8-9)13(15)16/h2,9-13H,3,5-8H2,1H3/t9-,10+,11+,12+/m1/s1. The van der Waals surface area contributed by atoms with Gasteiger partial charge in [0.25, 0.3) is 0 Å². The molecule has 3 nitrogen and oxygen atoms in total. The number of amides is 1. The summed E-state index contributed by atoms with van der Waals surface area (Å²) in [5.74, 6) is 1.53. The van der Waals surface area contributed by atoms with Gasteiger partial charge in [-0.3, -0.25) is 4.90 Å². The molecule has 106 valence electrons. The van der Waals surface area contributed by atoms with Crippen LogP contribution < -0.4 is 0 Å². The third kappa shape index (κ3) is 2.54. The molecule has 4 atom stereocenters. The summed E-state index contributed by atoms with van der Waals surface area (Å²) in [4.78, 5) is 13.5. The Kier molecular flexibility index (Phi) is 4.28. The number of piperidine rings is 1. The van der Waals surface area contributed by atoms with Crippen molar-refractivity contribution in [2.75, 3.05) is 6.61 Å². The van der Waals surface area contributed by atoms with E-state index in [2.05, 4.69) is 5.92 Å². The minimum absolute atomic E-state index is 0.181. The van der Waals surface area contributed by atoms with Crippen molar-refractivity contribution in [3.63, 3.8) is 0 Å². The summed E-state index contributed by atoms with van der Waals surface area (Å²) in [5, 5.41) is 0. The zero-order valence-corrected chi connectivity index (χ0v) is 11.0. The highest BCUT2D eigenvalue weighted by Gasteiger charge is 2.55. The zero-order valence-electron chi connectivity index (χ0n) is 11.0. The fourth-order valence-electron chi connectivity index (χ4n) is 3.23. The summed E-state index contributed by atoms with van der Waals surface area (Å²) in [6.07, 6.45) is 5.26. The van der Waals surface area contributed by atoms with Crippen molar-refractivity contribution in [1.29, 1.82) is 0 Å². The molecule has 2 rings (SSSR count). The second-order valence-electron chi connectivity index (χ2n) is 5.27. The van der Waals surface area contributed by atoms with Crippen molar-refractivity contribution in [3.8, 4) is 12.3 Å². The summed E-state index contributed by atoms with van der Waals surface area (Å²) >= 11 is 0. The lowest BCUT2D eigenvalue weighted by molar-refractivity contribution is 0.0120. The van der Waals surface area contributed by atoms with Crippen molar-refractivity contribution in [3.05, 3.63) is 0 Å². The molecule has 0 radical (unpaired) electrons. The smallest absolute Gasteiger partial charge is 0.411 e. The molecule has 1 heterocycles. The Bertz CT molecular complexity index is 380. The fourth-order valence-corrected chi connectivity index (χ4v) is 3.23. The summed E-state index contributed by atoms with van der Waals surface area (Å²) < 4.78 is 30.9. The molecule has 2 fully saturated rings. The Labute approximate surface area is 112 Å². The number of unbranched alkanes of at least 4 members (excludes halogenated alkanes) is 1. The van der Waals surface area contributed by atoms with Crippen molar-refractivity contribution in [1.82, 2.24) is 4.90 Å². The molecular weight excluding hydrogens is 252 g/mol. The number of nitrogens with zero attached hydrogens (tertiary/aromatic N) is 1. The van der Waals surface area contributed by atoms with Gasteiger partial charge in [-0.05, 0) is 19.3 Å². The van der Waals surface area contributed by atoms with Gasteiger partial charge in [-0.2, -0.15) is 0 Å². The fraction of sp³-hybridized carbons (Fsp3) is 0.786. The average molecular weight is 271 g/mol. The number of carbonyl (C=O) groups excluding carboxylic acids is 1. The summed E-state index contributed by atoms with van der Waals surface area (Å²) in [5.41, 5.74) is 0. The molecule has 0 aromatic rings. The van der Waals surface area contributed by atoms with Gasteiger partial charge in [0.05, 0.1) is 12.6 Å². The first-order valence-electron chi connectivity index (χ1n) is 6.79. The maximum atomic E-state index is 12.9. The highest BCUT2D eigenvalue weighted by Crippen LogP contribution is 2.48. The van der Waals surface area contributed by atoms with Crippen LogP contribution in [0.4, 0.5) is 13.6 Å². The van der Waals surface area contributed by atoms with E-state index < -0.39 is 24.5 Å². The first-order valence-corrected chi connectivity index (χ1v) is 6.79. The molecule has 1 aliphatic heterocycles. The van der Waals surface area contributed by atoms with Crippen LogP contribution in [0, 0.1) is 24.2 Å². The van der Waals surface area contributed by atoms with E-state index in [1.165, 1.54) is 4.90 Å². The van der Waals surface area contributed by atoms with Crippen LogP contribution in [0.25, 0.3) is 0 Å². The van der Waals surface area contributed by atoms with E-state index in [0.29, 0.717) is 19.4 Å². The molecular formula is C14H19F2NO2. The largest absolute Gasteiger partial charge is 0.449 e. The molecule has 0 unspecified atom stereocenters. The number of ether oxygens (including phenoxy) is 1. The summed E-state index contributed by atoms with van der Waals surface area (Å²) in [7, 11) is 0. The molecule has 2 bridgehead atoms. The van der Waals surface area contributed by atoms with Crippen LogP contribution in [0.5, 0.6) is 0 Å². The van der Waals surface area contributed by atoms with Crippen LogP contribution >= 0.6 is 0 Å². The van der Waals surface area contributed by atoms with Crippen LogP contribution in [0.15, 0.2) is 0 Å². The Morgan fingerprint density at radius 1 is 1.53 bits per heavy atom. The minimum Gasteiger partial charge on any atom is -0.449 e. The molecule has 0 spiro atoms. The van der Waals surface area contributed by atoms with Gasteiger partial charge in [0, 0.05) is 17.9 Å². The minimum atomic E-state index is -2.36. The van der Waals surface area contributed by atoms with Gasteiger partial charge in [0.1, 0.15) is 0 Å². The van der Waals surface area contributed by atoms with E-state index in [1.54, 1.807) is 0 Å². The number of carbonyl (C=O) groups is 1. The number of halogens is 2. The zero-order chi connectivity index (χ0) is 14.0. The highest BCUT2D eigenvalue weighted by atomic mass is 19.3. The van der Waals surface area contributed by atoms with Crippen molar-refractivity contribution in [2.45, 2.75) is 51.1 Å². The number of rotatable bonds is 4. The van der Waals surface area contributed by atoms with E-state index in [4.69, 9.17) is 11.2 Å². The molecule has 0 aromatic heterocycles. The Hall–Kier alpha value is -1.31. The Balaban J connectivity index is 2.01. The molecule has 1 aliphatic carbocycles. The Morgan fingerprint density at radius 2 is 2.26 bits per heavy atom. The van der Waals surface area contributed by atoms with E-state index >= 15 is 0 Å². The normalized spacial score (nSPS) is 32.7. The number of likely N-dealkylation sites (tertiary alicyclic amines) is 1. The first-order chi connectivity index (χ1) is 9.10. The highest BCUT2D eigenvalue weighted by molar-refractivity contribution is 5.70. The molecule has 5 heteroatoms. The SMILES string of the molecule is C#C[C@H]1[C@H]2C[C@H](C[C@@H]2C(F)F)N1C(=O)OCCCC. The van der Waals surface area contributed by atoms with Crippen LogP contribution in [-0.4, -0.2) is 36.1 Å². The maximum absolute atomic E-state index is 12.9. The van der Waals surface area contributed by atoms with Gasteiger partial charge in [-0.15, -0.1) is 6.42 Å². The van der Waals surface area contributed by atoms with E-state index in [0.717, 1.165) is 12.8 Å². The molecule has 2 aliphatic rings. The number of fused-ring (bicyclic) bond motifs is 2. The van der Waals surface area contributed by atoms with Gasteiger partial charge in [-0.1, -0.05) is 19.3 Å². The van der Waals surface area contributed by atoms with Gasteiger partial charge < -0.3 is 4.74 Å². The quantitative estimate of drug-likeness (QED) is 0.581. The molecule has 1 saturated heterocycles. The van der Waals surface area contributed by atoms with Gasteiger partial charge >= 0.3 is 6.09 Å². The van der Waals surface area contributed by atoms with Crippen LogP contribution in [-0.2, 0) is 4.74 Å². The monoisotopic (exact) mass is 271 g/mol. The molecule has 19 heavy (non-hydrogen) atoms. The number of hydrogen-bond acceptors (Lipinski definition) is 2. The average Bonchev–Trinajstić information content (AvgIpc) is 2.95. The number of hydrogen-bond donors (Lipinski definition) is 0. The molecule has 1 amide bonds. The predicted octanol–water partition coefficient (Wildman–Crippen LogP) is 2.90. The van der Waals surface area contributed by atoms with Crippen molar-refractivity contribution in [2.24, 2.45) is 11.8 Å². The third-order valence-electron chi connectivity index (χ3n) is 4.17. The Morgan fingerprint density at radius 3 is 2.84 bits per heavy atom. The van der Waals surface area contributed by atoms with Crippen LogP contribution in [0.2, 0.25) is 0 Å².